The van der Waals surface area contributed by atoms with E-state index in [2.05, 4.69) is 21.0 Å². The van der Waals surface area contributed by atoms with E-state index < -0.39 is 23.5 Å². The first-order valence-electron chi connectivity index (χ1n) is 7.74. The predicted octanol–water partition coefficient (Wildman–Crippen LogP) is 2.30. The SMILES string of the molecule is C[C@H](Nc1cnn(-c2ccccc2)c1)C(=O)NC(=O)NC(C)(C)C. The highest BCUT2D eigenvalue weighted by atomic mass is 16.2. The van der Waals surface area contributed by atoms with Crippen LogP contribution in [0.2, 0.25) is 0 Å². The van der Waals surface area contributed by atoms with E-state index in [4.69, 9.17) is 0 Å². The molecule has 0 aliphatic rings. The van der Waals surface area contributed by atoms with Crippen LogP contribution in [0.3, 0.4) is 0 Å². The van der Waals surface area contributed by atoms with E-state index in [9.17, 15) is 9.59 Å². The van der Waals surface area contributed by atoms with Gasteiger partial charge in [-0.25, -0.2) is 9.48 Å². The van der Waals surface area contributed by atoms with Gasteiger partial charge < -0.3 is 10.6 Å². The summed E-state index contributed by atoms with van der Waals surface area (Å²) in [6.07, 6.45) is 3.42. The molecule has 1 heterocycles. The fraction of sp³-hybridized carbons (Fsp3) is 0.353. The van der Waals surface area contributed by atoms with E-state index in [-0.39, 0.29) is 0 Å². The average molecular weight is 329 g/mol. The molecule has 0 unspecified atom stereocenters. The van der Waals surface area contributed by atoms with Crippen LogP contribution in [0.15, 0.2) is 42.7 Å². The summed E-state index contributed by atoms with van der Waals surface area (Å²) in [5.41, 5.74) is 1.21. The normalized spacial score (nSPS) is 12.3. The third-order valence-electron chi connectivity index (χ3n) is 3.11. The summed E-state index contributed by atoms with van der Waals surface area (Å²) in [6.45, 7) is 7.21. The van der Waals surface area contributed by atoms with Gasteiger partial charge in [-0.1, -0.05) is 18.2 Å². The molecule has 7 nitrogen and oxygen atoms in total. The van der Waals surface area contributed by atoms with E-state index >= 15 is 0 Å². The van der Waals surface area contributed by atoms with Gasteiger partial charge in [0, 0.05) is 5.54 Å². The number of nitrogens with zero attached hydrogens (tertiary/aromatic N) is 2. The Morgan fingerprint density at radius 3 is 2.46 bits per heavy atom. The lowest BCUT2D eigenvalue weighted by atomic mass is 10.1. The van der Waals surface area contributed by atoms with Crippen LogP contribution >= 0.6 is 0 Å². The number of urea groups is 1. The number of benzene rings is 1. The summed E-state index contributed by atoms with van der Waals surface area (Å²) in [7, 11) is 0. The van der Waals surface area contributed by atoms with Crippen molar-refractivity contribution in [3.05, 3.63) is 42.7 Å². The molecule has 1 atom stereocenters. The maximum Gasteiger partial charge on any atom is 0.321 e. The maximum atomic E-state index is 12.1. The van der Waals surface area contributed by atoms with Crippen molar-refractivity contribution in [2.75, 3.05) is 5.32 Å². The zero-order valence-corrected chi connectivity index (χ0v) is 14.3. The van der Waals surface area contributed by atoms with E-state index in [1.165, 1.54) is 0 Å². The monoisotopic (exact) mass is 329 g/mol. The van der Waals surface area contributed by atoms with Crippen LogP contribution in [-0.4, -0.2) is 33.3 Å². The number of aromatic nitrogens is 2. The zero-order valence-electron chi connectivity index (χ0n) is 14.3. The molecule has 24 heavy (non-hydrogen) atoms. The first kappa shape index (κ1) is 17.5. The van der Waals surface area contributed by atoms with Gasteiger partial charge in [0.05, 0.1) is 23.8 Å². The lowest BCUT2D eigenvalue weighted by Crippen LogP contribution is -2.51. The summed E-state index contributed by atoms with van der Waals surface area (Å²) < 4.78 is 1.71. The van der Waals surface area contributed by atoms with Gasteiger partial charge >= 0.3 is 6.03 Å². The molecule has 0 bridgehead atoms. The standard InChI is InChI=1S/C17H23N5O2/c1-12(15(23)20-16(24)21-17(2,3)4)19-13-10-18-22(11-13)14-8-6-5-7-9-14/h5-12,19H,1-4H3,(H2,20,21,23,24)/t12-/m0/s1. The van der Waals surface area contributed by atoms with Crippen LogP contribution in [0, 0.1) is 0 Å². The summed E-state index contributed by atoms with van der Waals surface area (Å²) in [5.74, 6) is -0.413. The van der Waals surface area contributed by atoms with Crippen LogP contribution in [0.1, 0.15) is 27.7 Å². The molecule has 0 saturated heterocycles. The molecular formula is C17H23N5O2. The first-order chi connectivity index (χ1) is 11.2. The summed E-state index contributed by atoms with van der Waals surface area (Å²) in [5, 5.41) is 12.3. The predicted molar refractivity (Wildman–Crippen MR) is 93.1 cm³/mol. The minimum absolute atomic E-state index is 0.405. The van der Waals surface area contributed by atoms with Crippen molar-refractivity contribution >= 4 is 17.6 Å². The molecule has 0 aliphatic carbocycles. The fourth-order valence-corrected chi connectivity index (χ4v) is 2.03. The molecule has 128 valence electrons. The van der Waals surface area contributed by atoms with Crippen molar-refractivity contribution < 1.29 is 9.59 Å². The van der Waals surface area contributed by atoms with Crippen LogP contribution in [0.25, 0.3) is 5.69 Å². The Morgan fingerprint density at radius 1 is 1.17 bits per heavy atom. The Labute approximate surface area is 141 Å². The molecule has 3 N–H and O–H groups in total. The van der Waals surface area contributed by atoms with Crippen molar-refractivity contribution in [1.82, 2.24) is 20.4 Å². The molecule has 0 aliphatic heterocycles. The van der Waals surface area contributed by atoms with Crippen molar-refractivity contribution in [2.45, 2.75) is 39.3 Å². The number of rotatable bonds is 4. The second kappa shape index (κ2) is 7.16. The van der Waals surface area contributed by atoms with Gasteiger partial charge in [-0.2, -0.15) is 5.10 Å². The highest BCUT2D eigenvalue weighted by Crippen LogP contribution is 2.12. The van der Waals surface area contributed by atoms with Crippen molar-refractivity contribution in [3.63, 3.8) is 0 Å². The molecule has 0 fully saturated rings. The lowest BCUT2D eigenvalue weighted by Gasteiger charge is -2.21. The second-order valence-electron chi connectivity index (χ2n) is 6.57. The van der Waals surface area contributed by atoms with Gasteiger partial charge in [-0.3, -0.25) is 10.1 Å². The number of amides is 3. The van der Waals surface area contributed by atoms with Gasteiger partial charge in [0.1, 0.15) is 6.04 Å². The molecule has 0 radical (unpaired) electrons. The average Bonchev–Trinajstić information content (AvgIpc) is 2.94. The largest absolute Gasteiger partial charge is 0.371 e. The Hall–Kier alpha value is -2.83. The topological polar surface area (TPSA) is 88.1 Å². The van der Waals surface area contributed by atoms with Crippen LogP contribution in [-0.2, 0) is 4.79 Å². The van der Waals surface area contributed by atoms with E-state index in [0.717, 1.165) is 5.69 Å². The Kier molecular flexibility index (Phi) is 5.23. The molecule has 2 aromatic rings. The van der Waals surface area contributed by atoms with Gasteiger partial charge in [0.15, 0.2) is 0 Å². The number of carbonyl (C=O) groups is 2. The van der Waals surface area contributed by atoms with Crippen LogP contribution in [0.4, 0.5) is 10.5 Å². The van der Waals surface area contributed by atoms with Crippen molar-refractivity contribution in [1.29, 1.82) is 0 Å². The number of nitrogens with one attached hydrogen (secondary N) is 3. The molecule has 3 amide bonds. The smallest absolute Gasteiger partial charge is 0.321 e. The molecule has 1 aromatic heterocycles. The van der Waals surface area contributed by atoms with Crippen molar-refractivity contribution in [3.8, 4) is 5.69 Å². The first-order valence-corrected chi connectivity index (χ1v) is 7.74. The van der Waals surface area contributed by atoms with E-state index in [1.54, 1.807) is 24.0 Å². The van der Waals surface area contributed by atoms with Crippen molar-refractivity contribution in [2.24, 2.45) is 0 Å². The fourth-order valence-electron chi connectivity index (χ4n) is 2.03. The van der Waals surface area contributed by atoms with Gasteiger partial charge in [0.25, 0.3) is 0 Å². The van der Waals surface area contributed by atoms with Crippen LogP contribution < -0.4 is 16.0 Å². The second-order valence-corrected chi connectivity index (χ2v) is 6.57. The van der Waals surface area contributed by atoms with Crippen LogP contribution in [0.5, 0.6) is 0 Å². The molecule has 1 aromatic carbocycles. The number of hydrogen-bond acceptors (Lipinski definition) is 4. The zero-order chi connectivity index (χ0) is 17.7. The summed E-state index contributed by atoms with van der Waals surface area (Å²) in [4.78, 5) is 23.8. The van der Waals surface area contributed by atoms with Gasteiger partial charge in [-0.05, 0) is 39.8 Å². The third-order valence-corrected chi connectivity index (χ3v) is 3.11. The maximum absolute atomic E-state index is 12.1. The Bertz CT molecular complexity index is 703. The summed E-state index contributed by atoms with van der Waals surface area (Å²) in [6, 6.07) is 8.56. The Morgan fingerprint density at radius 2 is 1.83 bits per heavy atom. The highest BCUT2D eigenvalue weighted by Gasteiger charge is 2.19. The van der Waals surface area contributed by atoms with Gasteiger partial charge in [-0.15, -0.1) is 0 Å². The summed E-state index contributed by atoms with van der Waals surface area (Å²) >= 11 is 0. The Balaban J connectivity index is 1.92. The van der Waals surface area contributed by atoms with Gasteiger partial charge in [0.2, 0.25) is 5.91 Å². The number of carbonyl (C=O) groups excluding carboxylic acids is 2. The van der Waals surface area contributed by atoms with E-state index in [1.807, 2.05) is 51.1 Å². The third kappa shape index (κ3) is 5.12. The molecular weight excluding hydrogens is 306 g/mol. The minimum Gasteiger partial charge on any atom is -0.371 e. The van der Waals surface area contributed by atoms with E-state index in [0.29, 0.717) is 5.69 Å². The number of para-hydroxylation sites is 1. The molecule has 7 heteroatoms. The highest BCUT2D eigenvalue weighted by molar-refractivity contribution is 5.98. The lowest BCUT2D eigenvalue weighted by molar-refractivity contribution is -0.120. The number of hydrogen-bond donors (Lipinski definition) is 3. The number of imide groups is 1. The number of anilines is 1. The minimum atomic E-state index is -0.579. The molecule has 0 saturated carbocycles. The molecule has 2 rings (SSSR count). The molecule has 0 spiro atoms. The quantitative estimate of drug-likeness (QED) is 0.803.